The van der Waals surface area contributed by atoms with Gasteiger partial charge < -0.3 is 26.4 Å². The van der Waals surface area contributed by atoms with E-state index in [-0.39, 0.29) is 28.9 Å². The number of carboxylic acid groups (broad SMARTS) is 1. The van der Waals surface area contributed by atoms with Crippen LogP contribution in [0, 0.1) is 11.6 Å². The number of hydrogen-bond acceptors (Lipinski definition) is 6. The highest BCUT2D eigenvalue weighted by atomic mass is 19.1. The molecule has 0 spiro atoms. The molecule has 3 amide bonds. The molecule has 1 fully saturated rings. The third kappa shape index (κ3) is 7.24. The number of aromatic nitrogens is 1. The minimum absolute atomic E-state index is 0.237. The van der Waals surface area contributed by atoms with Crippen molar-refractivity contribution in [2.24, 2.45) is 5.73 Å². The number of carbonyl (C=O) groups excluding carboxylic acids is 2. The van der Waals surface area contributed by atoms with Gasteiger partial charge in [0.15, 0.2) is 0 Å². The number of nitrogen functional groups attached to an aromatic ring is 1. The minimum Gasteiger partial charge on any atom is -0.480 e. The van der Waals surface area contributed by atoms with Crippen molar-refractivity contribution in [2.45, 2.75) is 0 Å². The molecule has 1 aliphatic rings. The molecule has 10 nitrogen and oxygen atoms in total. The summed E-state index contributed by atoms with van der Waals surface area (Å²) < 4.78 is 25.8. The average molecular weight is 563 g/mol. The number of primary amides is 1. The predicted molar refractivity (Wildman–Crippen MR) is 152 cm³/mol. The second-order valence-electron chi connectivity index (χ2n) is 9.18. The van der Waals surface area contributed by atoms with Gasteiger partial charge in [0.1, 0.15) is 24.0 Å². The molecule has 41 heavy (non-hydrogen) atoms. The summed E-state index contributed by atoms with van der Waals surface area (Å²) in [5.41, 5.74) is 12.6. The first kappa shape index (κ1) is 28.7. The van der Waals surface area contributed by atoms with Crippen molar-refractivity contribution in [2.75, 3.05) is 48.3 Å². The number of urea groups is 1. The zero-order valence-electron chi connectivity index (χ0n) is 21.9. The fraction of sp³-hybridized carbons (Fsp3) is 0.172. The normalized spacial score (nSPS) is 12.8. The summed E-state index contributed by atoms with van der Waals surface area (Å²) in [6, 6.07) is 17.7. The molecule has 0 bridgehead atoms. The third-order valence-corrected chi connectivity index (χ3v) is 6.50. The van der Waals surface area contributed by atoms with Gasteiger partial charge in [-0.05, 0) is 72.1 Å². The van der Waals surface area contributed by atoms with Crippen LogP contribution in [-0.2, 0) is 4.79 Å². The number of carbonyl (C=O) groups is 3. The standard InChI is InChI=1S/C18H14FN3O3.C11H14FN3O/c19-13-3-5-14(6-4-13)22(10-16(23)24)18(25)12-2-1-11-7-8-21-17(20)15(11)9-12;12-9-1-3-10(4-2-9)14-5-7-15(8-6-14)11(13)16/h1-9H,10H2,(H2,20,21)(H,23,24);1-4H,5-8H2,(H2,13,16). The van der Waals surface area contributed by atoms with Crippen LogP contribution >= 0.6 is 0 Å². The molecule has 212 valence electrons. The number of rotatable bonds is 5. The second-order valence-corrected chi connectivity index (χ2v) is 9.18. The van der Waals surface area contributed by atoms with Crippen LogP contribution in [0.5, 0.6) is 0 Å². The summed E-state index contributed by atoms with van der Waals surface area (Å²) in [5.74, 6) is -2.15. The molecule has 0 aliphatic carbocycles. The van der Waals surface area contributed by atoms with Crippen LogP contribution < -0.4 is 21.3 Å². The maximum Gasteiger partial charge on any atom is 0.323 e. The minimum atomic E-state index is -1.18. The number of piperazine rings is 1. The van der Waals surface area contributed by atoms with E-state index in [2.05, 4.69) is 9.88 Å². The van der Waals surface area contributed by atoms with E-state index in [1.165, 1.54) is 36.4 Å². The lowest BCUT2D eigenvalue weighted by Crippen LogP contribution is -2.50. The monoisotopic (exact) mass is 562 g/mol. The highest BCUT2D eigenvalue weighted by molar-refractivity contribution is 6.10. The SMILES string of the molecule is NC(=O)N1CCN(c2ccc(F)cc2)CC1.Nc1nccc2ccc(C(=O)N(CC(=O)O)c3ccc(F)cc3)cc12. The van der Waals surface area contributed by atoms with Gasteiger partial charge in [0, 0.05) is 54.7 Å². The van der Waals surface area contributed by atoms with E-state index >= 15 is 0 Å². The highest BCUT2D eigenvalue weighted by Crippen LogP contribution is 2.23. The Hall–Kier alpha value is -5.26. The van der Waals surface area contributed by atoms with Crippen molar-refractivity contribution in [3.63, 3.8) is 0 Å². The van der Waals surface area contributed by atoms with E-state index in [1.54, 1.807) is 47.5 Å². The van der Waals surface area contributed by atoms with Crippen LogP contribution in [0.25, 0.3) is 10.8 Å². The lowest BCUT2D eigenvalue weighted by molar-refractivity contribution is -0.135. The van der Waals surface area contributed by atoms with Gasteiger partial charge in [0.2, 0.25) is 0 Å². The Kier molecular flexibility index (Phi) is 8.92. The van der Waals surface area contributed by atoms with Crippen molar-refractivity contribution < 1.29 is 28.3 Å². The van der Waals surface area contributed by atoms with Crippen LogP contribution in [-0.4, -0.2) is 65.6 Å². The summed E-state index contributed by atoms with van der Waals surface area (Å²) in [7, 11) is 0. The van der Waals surface area contributed by atoms with Crippen molar-refractivity contribution in [1.82, 2.24) is 9.88 Å². The highest BCUT2D eigenvalue weighted by Gasteiger charge is 2.21. The molecule has 2 heterocycles. The molecule has 3 aromatic carbocycles. The van der Waals surface area contributed by atoms with Crippen LogP contribution in [0.3, 0.4) is 0 Å². The quantitative estimate of drug-likeness (QED) is 0.336. The van der Waals surface area contributed by atoms with E-state index in [1.807, 2.05) is 0 Å². The fourth-order valence-electron chi connectivity index (χ4n) is 4.35. The number of amides is 3. The lowest BCUT2D eigenvalue weighted by Gasteiger charge is -2.35. The van der Waals surface area contributed by atoms with Crippen molar-refractivity contribution in [3.05, 3.63) is 96.2 Å². The number of pyridine rings is 1. The Morgan fingerprint density at radius 2 is 1.49 bits per heavy atom. The van der Waals surface area contributed by atoms with Gasteiger partial charge in [0.25, 0.3) is 5.91 Å². The topological polar surface area (TPSA) is 146 Å². The summed E-state index contributed by atoms with van der Waals surface area (Å²) in [4.78, 5) is 43.7. The zero-order valence-corrected chi connectivity index (χ0v) is 21.9. The number of anilines is 3. The number of halogens is 2. The Labute approximate surface area is 234 Å². The molecule has 0 saturated carbocycles. The summed E-state index contributed by atoms with van der Waals surface area (Å²) in [6.45, 7) is 2.15. The number of fused-ring (bicyclic) bond motifs is 1. The molecule has 1 saturated heterocycles. The van der Waals surface area contributed by atoms with Crippen molar-refractivity contribution in [1.29, 1.82) is 0 Å². The first-order chi connectivity index (χ1) is 19.6. The molecule has 12 heteroatoms. The molecular weight excluding hydrogens is 534 g/mol. The maximum atomic E-state index is 13.1. The van der Waals surface area contributed by atoms with E-state index in [9.17, 15) is 23.2 Å². The van der Waals surface area contributed by atoms with Gasteiger partial charge in [-0.3, -0.25) is 14.5 Å². The molecule has 5 rings (SSSR count). The first-order valence-corrected chi connectivity index (χ1v) is 12.6. The molecule has 0 unspecified atom stereocenters. The van der Waals surface area contributed by atoms with E-state index in [0.717, 1.165) is 29.1 Å². The number of carboxylic acids is 1. The van der Waals surface area contributed by atoms with Crippen molar-refractivity contribution >= 4 is 45.9 Å². The largest absolute Gasteiger partial charge is 0.480 e. The predicted octanol–water partition coefficient (Wildman–Crippen LogP) is 3.71. The molecular formula is C29H28F2N6O4. The summed E-state index contributed by atoms with van der Waals surface area (Å²) in [6.07, 6.45) is 1.56. The van der Waals surface area contributed by atoms with Crippen LogP contribution in [0.15, 0.2) is 79.0 Å². The van der Waals surface area contributed by atoms with Crippen LogP contribution in [0.2, 0.25) is 0 Å². The fourth-order valence-corrected chi connectivity index (χ4v) is 4.35. The summed E-state index contributed by atoms with van der Waals surface area (Å²) >= 11 is 0. The van der Waals surface area contributed by atoms with Gasteiger partial charge in [-0.15, -0.1) is 0 Å². The van der Waals surface area contributed by atoms with Gasteiger partial charge >= 0.3 is 12.0 Å². The van der Waals surface area contributed by atoms with E-state index in [4.69, 9.17) is 16.6 Å². The first-order valence-electron chi connectivity index (χ1n) is 12.6. The number of nitrogens with zero attached hydrogens (tertiary/aromatic N) is 4. The molecule has 1 aromatic heterocycles. The Morgan fingerprint density at radius 1 is 0.878 bits per heavy atom. The smallest absolute Gasteiger partial charge is 0.323 e. The molecule has 0 radical (unpaired) electrons. The van der Waals surface area contributed by atoms with Crippen LogP contribution in [0.4, 0.5) is 30.8 Å². The van der Waals surface area contributed by atoms with E-state index < -0.39 is 24.2 Å². The zero-order chi connectivity index (χ0) is 29.5. The maximum absolute atomic E-state index is 13.1. The molecule has 5 N–H and O–H groups in total. The molecule has 0 atom stereocenters. The average Bonchev–Trinajstić information content (AvgIpc) is 2.97. The number of hydrogen-bond donors (Lipinski definition) is 3. The van der Waals surface area contributed by atoms with Crippen molar-refractivity contribution in [3.8, 4) is 0 Å². The number of benzene rings is 3. The van der Waals surface area contributed by atoms with Gasteiger partial charge in [0.05, 0.1) is 0 Å². The Morgan fingerprint density at radius 3 is 2.07 bits per heavy atom. The lowest BCUT2D eigenvalue weighted by atomic mass is 10.1. The van der Waals surface area contributed by atoms with Gasteiger partial charge in [-0.1, -0.05) is 6.07 Å². The van der Waals surface area contributed by atoms with Gasteiger partial charge in [-0.25, -0.2) is 18.6 Å². The Balaban J connectivity index is 0.000000208. The van der Waals surface area contributed by atoms with E-state index in [0.29, 0.717) is 18.5 Å². The second kappa shape index (κ2) is 12.7. The number of aliphatic carboxylic acids is 1. The Bertz CT molecular complexity index is 1540. The molecule has 1 aliphatic heterocycles. The van der Waals surface area contributed by atoms with Gasteiger partial charge in [-0.2, -0.15) is 0 Å². The number of nitrogens with two attached hydrogens (primary N) is 2. The third-order valence-electron chi connectivity index (χ3n) is 6.50. The van der Waals surface area contributed by atoms with Crippen LogP contribution in [0.1, 0.15) is 10.4 Å². The summed E-state index contributed by atoms with van der Waals surface area (Å²) in [5, 5.41) is 10.5. The molecule has 4 aromatic rings.